The van der Waals surface area contributed by atoms with Crippen molar-refractivity contribution in [2.75, 3.05) is 0 Å². The Morgan fingerprint density at radius 1 is 1.18 bits per heavy atom. The van der Waals surface area contributed by atoms with Gasteiger partial charge in [-0.05, 0) is 98.2 Å². The van der Waals surface area contributed by atoms with Crippen LogP contribution in [-0.4, -0.2) is 17.0 Å². The summed E-state index contributed by atoms with van der Waals surface area (Å²) in [5.74, 6) is 4.45. The fourth-order valence-electron chi connectivity index (χ4n) is 8.38. The number of fused-ring (bicyclic) bond motifs is 5. The van der Waals surface area contributed by atoms with E-state index in [0.29, 0.717) is 29.0 Å². The van der Waals surface area contributed by atoms with E-state index in [-0.39, 0.29) is 6.10 Å². The summed E-state index contributed by atoms with van der Waals surface area (Å²) < 4.78 is 0. The highest BCUT2D eigenvalue weighted by Crippen LogP contribution is 2.67. The molecule has 4 aliphatic carbocycles. The fourth-order valence-corrected chi connectivity index (χ4v) is 8.38. The Kier molecular flexibility index (Phi) is 5.57. The number of carbonyl (C=O) groups excluding carboxylic acids is 1. The molecule has 2 nitrogen and oxygen atoms in total. The molecule has 4 rings (SSSR count). The first kappa shape index (κ1) is 20.6. The molecule has 0 saturated heterocycles. The zero-order valence-electron chi connectivity index (χ0n) is 18.7. The van der Waals surface area contributed by atoms with Gasteiger partial charge in [0, 0.05) is 12.8 Å². The number of ketones is 1. The summed E-state index contributed by atoms with van der Waals surface area (Å²) in [6.07, 6.45) is 14.9. The highest BCUT2D eigenvalue weighted by Gasteiger charge is 2.59. The van der Waals surface area contributed by atoms with E-state index in [1.54, 1.807) is 5.57 Å². The van der Waals surface area contributed by atoms with Crippen molar-refractivity contribution < 1.29 is 9.90 Å². The summed E-state index contributed by atoms with van der Waals surface area (Å²) in [5.41, 5.74) is 2.41. The molecule has 1 N–H and O–H groups in total. The molecule has 0 spiro atoms. The van der Waals surface area contributed by atoms with Crippen LogP contribution >= 0.6 is 0 Å². The van der Waals surface area contributed by atoms with Crippen molar-refractivity contribution in [1.29, 1.82) is 0 Å². The number of aliphatic hydroxyl groups excluding tert-OH is 1. The van der Waals surface area contributed by atoms with E-state index < -0.39 is 0 Å². The van der Waals surface area contributed by atoms with Gasteiger partial charge in [0.05, 0.1) is 6.10 Å². The van der Waals surface area contributed by atoms with E-state index in [4.69, 9.17) is 0 Å². The van der Waals surface area contributed by atoms with Crippen LogP contribution in [0, 0.1) is 40.4 Å². The maximum Gasteiger partial charge on any atom is 0.132 e. The van der Waals surface area contributed by atoms with Gasteiger partial charge < -0.3 is 5.11 Å². The highest BCUT2D eigenvalue weighted by atomic mass is 16.3. The molecule has 0 aromatic heterocycles. The molecule has 3 saturated carbocycles. The maximum atomic E-state index is 11.8. The van der Waals surface area contributed by atoms with Crippen LogP contribution in [0.15, 0.2) is 11.6 Å². The number of hydrogen-bond acceptors (Lipinski definition) is 2. The van der Waals surface area contributed by atoms with Crippen molar-refractivity contribution in [2.45, 2.75) is 104 Å². The second kappa shape index (κ2) is 7.56. The predicted molar refractivity (Wildman–Crippen MR) is 115 cm³/mol. The largest absolute Gasteiger partial charge is 0.393 e. The lowest BCUT2D eigenvalue weighted by atomic mass is 9.47. The lowest BCUT2D eigenvalue weighted by Gasteiger charge is -2.58. The lowest BCUT2D eigenvalue weighted by Crippen LogP contribution is -2.50. The van der Waals surface area contributed by atoms with Crippen molar-refractivity contribution in [3.05, 3.63) is 11.6 Å². The molecule has 0 aromatic rings. The van der Waals surface area contributed by atoms with Gasteiger partial charge in [-0.2, -0.15) is 0 Å². The van der Waals surface area contributed by atoms with E-state index in [1.165, 1.54) is 38.5 Å². The van der Waals surface area contributed by atoms with Gasteiger partial charge >= 0.3 is 0 Å². The quantitative estimate of drug-likeness (QED) is 0.561. The fraction of sp³-hybridized carbons (Fsp3) is 0.885. The van der Waals surface area contributed by atoms with Gasteiger partial charge in [-0.15, -0.1) is 0 Å². The average Bonchev–Trinajstić information content (AvgIpc) is 3.03. The smallest absolute Gasteiger partial charge is 0.132 e. The van der Waals surface area contributed by atoms with Crippen LogP contribution in [0.5, 0.6) is 0 Å². The molecule has 0 unspecified atom stereocenters. The van der Waals surface area contributed by atoms with Crippen LogP contribution < -0.4 is 0 Å². The molecule has 0 amide bonds. The lowest BCUT2D eigenvalue weighted by molar-refractivity contribution is -0.119. The molecule has 0 aromatic carbocycles. The minimum absolute atomic E-state index is 0.104. The summed E-state index contributed by atoms with van der Waals surface area (Å²) in [4.78, 5) is 11.8. The van der Waals surface area contributed by atoms with E-state index in [1.807, 2.05) is 6.92 Å². The monoisotopic (exact) mass is 386 g/mol. The number of carbonyl (C=O) groups is 1. The van der Waals surface area contributed by atoms with Crippen LogP contribution in [0.2, 0.25) is 0 Å². The van der Waals surface area contributed by atoms with Crippen molar-refractivity contribution in [2.24, 2.45) is 40.4 Å². The van der Waals surface area contributed by atoms with Gasteiger partial charge in [0.15, 0.2) is 0 Å². The number of aliphatic hydroxyl groups is 1. The Labute approximate surface area is 172 Å². The molecule has 158 valence electrons. The molecule has 0 heterocycles. The standard InChI is InChI=1S/C26H42O2/c1-5-19(27)8-6-17(2)22-10-11-23-21-9-7-18-16-20(28)12-14-25(18,3)24(21)13-15-26(22,23)4/h7,17,20-24,28H,5-6,8-16H2,1-4H3/t17-,20+,21-,22+,23-,24-,25+,26-/m1/s1. The Morgan fingerprint density at radius 3 is 2.71 bits per heavy atom. The first-order valence-electron chi connectivity index (χ1n) is 12.2. The summed E-state index contributed by atoms with van der Waals surface area (Å²) in [7, 11) is 0. The number of hydrogen-bond donors (Lipinski definition) is 1. The first-order valence-corrected chi connectivity index (χ1v) is 12.2. The van der Waals surface area contributed by atoms with E-state index in [2.05, 4.69) is 26.8 Å². The van der Waals surface area contributed by atoms with E-state index in [0.717, 1.165) is 49.4 Å². The number of rotatable bonds is 5. The van der Waals surface area contributed by atoms with Gasteiger partial charge in [0.1, 0.15) is 5.78 Å². The summed E-state index contributed by atoms with van der Waals surface area (Å²) in [6, 6.07) is 0. The number of Topliss-reactive ketones (excluding diaryl/α,β-unsaturated/α-hetero) is 1. The Morgan fingerprint density at radius 2 is 1.96 bits per heavy atom. The Balaban J connectivity index is 1.51. The third kappa shape index (κ3) is 3.22. The topological polar surface area (TPSA) is 37.3 Å². The van der Waals surface area contributed by atoms with E-state index >= 15 is 0 Å². The molecule has 3 fully saturated rings. The van der Waals surface area contributed by atoms with Crippen LogP contribution in [0.4, 0.5) is 0 Å². The van der Waals surface area contributed by atoms with Gasteiger partial charge in [-0.25, -0.2) is 0 Å². The van der Waals surface area contributed by atoms with Crippen molar-refractivity contribution in [3.8, 4) is 0 Å². The predicted octanol–water partition coefficient (Wildman–Crippen LogP) is 6.32. The van der Waals surface area contributed by atoms with Crippen LogP contribution in [0.1, 0.15) is 98.3 Å². The van der Waals surface area contributed by atoms with Gasteiger partial charge in [-0.1, -0.05) is 39.3 Å². The van der Waals surface area contributed by atoms with Crippen LogP contribution in [0.3, 0.4) is 0 Å². The first-order chi connectivity index (χ1) is 13.3. The molecule has 0 aliphatic heterocycles. The molecule has 8 atom stereocenters. The zero-order valence-corrected chi connectivity index (χ0v) is 18.7. The second-order valence-corrected chi connectivity index (χ2v) is 11.3. The molecular formula is C26H42O2. The summed E-state index contributed by atoms with van der Waals surface area (Å²) in [6.45, 7) is 9.55. The molecule has 28 heavy (non-hydrogen) atoms. The minimum Gasteiger partial charge on any atom is -0.393 e. The van der Waals surface area contributed by atoms with Gasteiger partial charge in [0.2, 0.25) is 0 Å². The molecule has 0 radical (unpaired) electrons. The molecule has 2 heteroatoms. The average molecular weight is 387 g/mol. The van der Waals surface area contributed by atoms with Crippen molar-refractivity contribution >= 4 is 5.78 Å². The van der Waals surface area contributed by atoms with E-state index in [9.17, 15) is 9.90 Å². The maximum absolute atomic E-state index is 11.8. The normalized spacial score (nSPS) is 46.2. The summed E-state index contributed by atoms with van der Waals surface area (Å²) >= 11 is 0. The third-order valence-corrected chi connectivity index (χ3v) is 10.1. The van der Waals surface area contributed by atoms with Crippen LogP contribution in [-0.2, 0) is 4.79 Å². The van der Waals surface area contributed by atoms with Crippen molar-refractivity contribution in [3.63, 3.8) is 0 Å². The highest BCUT2D eigenvalue weighted by molar-refractivity contribution is 5.77. The Bertz CT molecular complexity index is 636. The minimum atomic E-state index is -0.104. The van der Waals surface area contributed by atoms with Crippen molar-refractivity contribution in [1.82, 2.24) is 0 Å². The molecular weight excluding hydrogens is 344 g/mol. The summed E-state index contributed by atoms with van der Waals surface area (Å²) in [5, 5.41) is 10.2. The Hall–Kier alpha value is -0.630. The SMILES string of the molecule is CCC(=O)CC[C@@H](C)[C@@H]1CC[C@@H]2[C@H]3CC=C4C[C@@H](O)CC[C@]4(C)[C@@H]3CC[C@@]21C. The number of allylic oxidation sites excluding steroid dienone is 1. The third-order valence-electron chi connectivity index (χ3n) is 10.1. The molecule has 0 bridgehead atoms. The zero-order chi connectivity index (χ0) is 20.1. The molecule has 4 aliphatic rings. The van der Waals surface area contributed by atoms with Crippen LogP contribution in [0.25, 0.3) is 0 Å². The van der Waals surface area contributed by atoms with Gasteiger partial charge in [0.25, 0.3) is 0 Å². The second-order valence-electron chi connectivity index (χ2n) is 11.3. The van der Waals surface area contributed by atoms with Gasteiger partial charge in [-0.3, -0.25) is 4.79 Å².